The second-order valence-corrected chi connectivity index (χ2v) is 7.16. The lowest BCUT2D eigenvalue weighted by Gasteiger charge is -2.10. The molecule has 1 fully saturated rings. The summed E-state index contributed by atoms with van der Waals surface area (Å²) in [6.07, 6.45) is 2.26. The molecule has 0 bridgehead atoms. The van der Waals surface area contributed by atoms with Crippen molar-refractivity contribution in [3.05, 3.63) is 71.4 Å². The van der Waals surface area contributed by atoms with E-state index in [0.717, 1.165) is 22.5 Å². The molecule has 4 rings (SSSR count). The van der Waals surface area contributed by atoms with Crippen molar-refractivity contribution in [1.82, 2.24) is 9.88 Å². The maximum atomic E-state index is 13.4. The van der Waals surface area contributed by atoms with Crippen LogP contribution in [0.2, 0.25) is 0 Å². The van der Waals surface area contributed by atoms with Crippen molar-refractivity contribution in [2.24, 2.45) is 0 Å². The summed E-state index contributed by atoms with van der Waals surface area (Å²) in [6.45, 7) is 0.330. The van der Waals surface area contributed by atoms with Crippen LogP contribution < -0.4 is 5.32 Å². The van der Waals surface area contributed by atoms with Crippen LogP contribution in [-0.4, -0.2) is 21.0 Å². The summed E-state index contributed by atoms with van der Waals surface area (Å²) in [4.78, 5) is 23.2. The number of rotatable bonds is 4. The van der Waals surface area contributed by atoms with E-state index in [1.54, 1.807) is 0 Å². The van der Waals surface area contributed by atoms with Crippen molar-refractivity contribution in [2.45, 2.75) is 19.0 Å². The van der Waals surface area contributed by atoms with E-state index < -0.39 is 17.7 Å². The summed E-state index contributed by atoms with van der Waals surface area (Å²) < 4.78 is 28.7. The molecule has 2 heterocycles. The first-order valence-electron chi connectivity index (χ1n) is 8.03. The largest absolute Gasteiger partial charge is 0.343 e. The van der Waals surface area contributed by atoms with E-state index in [2.05, 4.69) is 5.32 Å². The van der Waals surface area contributed by atoms with E-state index in [0.29, 0.717) is 30.3 Å². The Morgan fingerprint density at radius 2 is 1.85 bits per heavy atom. The maximum absolute atomic E-state index is 13.4. The molecule has 2 aromatic carbocycles. The Bertz CT molecular complexity index is 1010. The monoisotopic (exact) mass is 372 g/mol. The molecule has 1 amide bonds. The fourth-order valence-corrected chi connectivity index (χ4v) is 3.92. The molecule has 132 valence electrons. The predicted octanol–water partition coefficient (Wildman–Crippen LogP) is 3.86. The number of hydrogen-bond acceptors (Lipinski definition) is 3. The van der Waals surface area contributed by atoms with Gasteiger partial charge in [-0.25, -0.2) is 8.78 Å². The molecule has 1 aliphatic heterocycles. The molecule has 1 aliphatic rings. The van der Waals surface area contributed by atoms with Gasteiger partial charge in [0.1, 0.15) is 17.7 Å². The highest BCUT2D eigenvalue weighted by molar-refractivity contribution is 8.26. The van der Waals surface area contributed by atoms with Crippen LogP contribution in [0.4, 0.5) is 13.6 Å². The number of benzene rings is 2. The summed E-state index contributed by atoms with van der Waals surface area (Å²) >= 11 is 0.698. The Kier molecular flexibility index (Phi) is 4.24. The number of carbonyl (C=O) groups is 2. The number of nitrogens with zero attached hydrogens (tertiary/aromatic N) is 1. The molecule has 1 aromatic heterocycles. The molecular formula is C19H14F2N2O2S. The minimum atomic E-state index is -0.606. The van der Waals surface area contributed by atoms with Gasteiger partial charge in [-0.05, 0) is 35.4 Å². The molecule has 1 saturated heterocycles. The third-order valence-electron chi connectivity index (χ3n) is 4.37. The van der Waals surface area contributed by atoms with Gasteiger partial charge in [0, 0.05) is 47.9 Å². The van der Waals surface area contributed by atoms with Crippen LogP contribution in [0.1, 0.15) is 11.1 Å². The number of nitrogens with one attached hydrogen (secondary N) is 1. The predicted molar refractivity (Wildman–Crippen MR) is 96.0 cm³/mol. The first-order valence-corrected chi connectivity index (χ1v) is 8.85. The van der Waals surface area contributed by atoms with Gasteiger partial charge in [0.2, 0.25) is 5.12 Å². The smallest absolute Gasteiger partial charge is 0.287 e. The van der Waals surface area contributed by atoms with Crippen molar-refractivity contribution in [3.8, 4) is 0 Å². The van der Waals surface area contributed by atoms with Crippen molar-refractivity contribution in [3.63, 3.8) is 0 Å². The van der Waals surface area contributed by atoms with Crippen molar-refractivity contribution < 1.29 is 18.4 Å². The molecule has 26 heavy (non-hydrogen) atoms. The molecule has 0 saturated carbocycles. The van der Waals surface area contributed by atoms with Crippen molar-refractivity contribution >= 4 is 33.0 Å². The SMILES string of the molecule is O=C1NC(Cc2cccc3c2ccn3Cc2cc(F)cc(F)c2)C(=O)S1. The first-order chi connectivity index (χ1) is 12.5. The molecule has 1 N–H and O–H groups in total. The molecule has 0 radical (unpaired) electrons. The highest BCUT2D eigenvalue weighted by Gasteiger charge is 2.31. The fraction of sp³-hybridized carbons (Fsp3) is 0.158. The van der Waals surface area contributed by atoms with E-state index in [4.69, 9.17) is 0 Å². The first kappa shape index (κ1) is 16.8. The molecular weight excluding hydrogens is 358 g/mol. The Labute approximate surface area is 152 Å². The lowest BCUT2D eigenvalue weighted by Crippen LogP contribution is -2.30. The summed E-state index contributed by atoms with van der Waals surface area (Å²) in [5.74, 6) is -1.21. The Morgan fingerprint density at radius 1 is 1.08 bits per heavy atom. The minimum Gasteiger partial charge on any atom is -0.343 e. The average Bonchev–Trinajstić information content (AvgIpc) is 3.11. The standard InChI is InChI=1S/C19H14F2N2O2S/c20-13-6-11(7-14(21)9-13)10-23-5-4-15-12(2-1-3-17(15)23)8-16-18(24)26-19(25)22-16/h1-7,9,16H,8,10H2,(H,22,25). The van der Waals surface area contributed by atoms with E-state index in [-0.39, 0.29) is 10.4 Å². The Morgan fingerprint density at radius 3 is 2.54 bits per heavy atom. The van der Waals surface area contributed by atoms with Gasteiger partial charge in [0.05, 0.1) is 0 Å². The molecule has 3 aromatic rings. The topological polar surface area (TPSA) is 51.1 Å². The van der Waals surface area contributed by atoms with Gasteiger partial charge in [-0.1, -0.05) is 12.1 Å². The number of carbonyl (C=O) groups excluding carboxylic acids is 2. The fourth-order valence-electron chi connectivity index (χ4n) is 3.25. The van der Waals surface area contributed by atoms with Crippen molar-refractivity contribution in [2.75, 3.05) is 0 Å². The normalized spacial score (nSPS) is 17.1. The summed E-state index contributed by atoms with van der Waals surface area (Å²) in [5, 5.41) is 3.11. The lowest BCUT2D eigenvalue weighted by molar-refractivity contribution is -0.112. The summed E-state index contributed by atoms with van der Waals surface area (Å²) in [5.41, 5.74) is 2.37. The second kappa shape index (κ2) is 6.57. The average molecular weight is 372 g/mol. The second-order valence-electron chi connectivity index (χ2n) is 6.18. The van der Waals surface area contributed by atoms with Gasteiger partial charge in [0.25, 0.3) is 5.24 Å². The number of halogens is 2. The van der Waals surface area contributed by atoms with E-state index in [1.807, 2.05) is 35.0 Å². The Hall–Kier alpha value is -2.67. The molecule has 0 aliphatic carbocycles. The molecule has 7 heteroatoms. The zero-order valence-corrected chi connectivity index (χ0v) is 14.4. The van der Waals surface area contributed by atoms with E-state index in [9.17, 15) is 18.4 Å². The van der Waals surface area contributed by atoms with Gasteiger partial charge in [-0.2, -0.15) is 0 Å². The highest BCUT2D eigenvalue weighted by Crippen LogP contribution is 2.25. The van der Waals surface area contributed by atoms with Crippen LogP contribution in [0.15, 0.2) is 48.7 Å². The molecule has 1 unspecified atom stereocenters. The number of hydrogen-bond donors (Lipinski definition) is 1. The summed E-state index contributed by atoms with van der Waals surface area (Å²) in [6, 6.07) is 10.5. The maximum Gasteiger partial charge on any atom is 0.287 e. The van der Waals surface area contributed by atoms with Crippen LogP contribution >= 0.6 is 11.8 Å². The van der Waals surface area contributed by atoms with Crippen LogP contribution in [0, 0.1) is 11.6 Å². The van der Waals surface area contributed by atoms with E-state index in [1.165, 1.54) is 12.1 Å². The van der Waals surface area contributed by atoms with Gasteiger partial charge in [-0.15, -0.1) is 0 Å². The minimum absolute atomic E-state index is 0.179. The highest BCUT2D eigenvalue weighted by atomic mass is 32.2. The van der Waals surface area contributed by atoms with Crippen molar-refractivity contribution in [1.29, 1.82) is 0 Å². The molecule has 1 atom stereocenters. The molecule has 0 spiro atoms. The van der Waals surface area contributed by atoms with Gasteiger partial charge in [0.15, 0.2) is 0 Å². The third-order valence-corrected chi connectivity index (χ3v) is 5.16. The zero-order valence-electron chi connectivity index (χ0n) is 13.5. The number of amides is 1. The quantitative estimate of drug-likeness (QED) is 0.757. The summed E-state index contributed by atoms with van der Waals surface area (Å²) in [7, 11) is 0. The van der Waals surface area contributed by atoms with Gasteiger partial charge >= 0.3 is 0 Å². The Balaban J connectivity index is 1.64. The lowest BCUT2D eigenvalue weighted by atomic mass is 10.0. The van der Waals surface area contributed by atoms with Crippen LogP contribution in [-0.2, 0) is 17.8 Å². The van der Waals surface area contributed by atoms with Gasteiger partial charge < -0.3 is 9.88 Å². The zero-order chi connectivity index (χ0) is 18.3. The third kappa shape index (κ3) is 3.22. The van der Waals surface area contributed by atoms with E-state index >= 15 is 0 Å². The van der Waals surface area contributed by atoms with Gasteiger partial charge in [-0.3, -0.25) is 9.59 Å². The van der Waals surface area contributed by atoms with Crippen LogP contribution in [0.3, 0.4) is 0 Å². The molecule has 4 nitrogen and oxygen atoms in total. The van der Waals surface area contributed by atoms with Crippen LogP contribution in [0.5, 0.6) is 0 Å². The number of fused-ring (bicyclic) bond motifs is 1. The number of aromatic nitrogens is 1. The van der Waals surface area contributed by atoms with Crippen LogP contribution in [0.25, 0.3) is 10.9 Å². The number of thioether (sulfide) groups is 1.